The average Bonchev–Trinajstić information content (AvgIpc) is 3.17. The Kier molecular flexibility index (Phi) is 9.38. The van der Waals surface area contributed by atoms with Crippen LogP contribution in [0.15, 0.2) is 146 Å². The fraction of sp³-hybridized carbons (Fsp3) is 0.182. The van der Waals surface area contributed by atoms with Crippen LogP contribution < -0.4 is 30.3 Å². The molecule has 2 nitrogen and oxygen atoms in total. The number of rotatable bonds is 9. The van der Waals surface area contributed by atoms with Gasteiger partial charge in [0.1, 0.15) is 11.5 Å². The number of hydrogen-bond acceptors (Lipinski definition) is 2. The Hall–Kier alpha value is -4.22. The van der Waals surface area contributed by atoms with Crippen molar-refractivity contribution in [3.63, 3.8) is 0 Å². The van der Waals surface area contributed by atoms with Gasteiger partial charge in [-0.1, -0.05) is 133 Å². The zero-order valence-corrected chi connectivity index (χ0v) is 29.0. The highest BCUT2D eigenvalue weighted by Gasteiger charge is 2.30. The minimum absolute atomic E-state index is 0.974. The van der Waals surface area contributed by atoms with Crippen LogP contribution in [-0.2, 0) is 25.7 Å². The van der Waals surface area contributed by atoms with Crippen LogP contribution in [0.5, 0.6) is 11.5 Å². The molecular formula is C44H40O2P2. The van der Waals surface area contributed by atoms with Crippen LogP contribution in [0.25, 0.3) is 11.1 Å². The molecule has 0 radical (unpaired) electrons. The Labute approximate surface area is 287 Å². The minimum Gasteiger partial charge on any atom is -0.464 e. The molecule has 48 heavy (non-hydrogen) atoms. The zero-order chi connectivity index (χ0) is 32.1. The van der Waals surface area contributed by atoms with Gasteiger partial charge in [0.15, 0.2) is 16.3 Å². The third-order valence-electron chi connectivity index (χ3n) is 9.58. The molecule has 8 rings (SSSR count). The lowest BCUT2D eigenvalue weighted by Crippen LogP contribution is -2.18. The van der Waals surface area contributed by atoms with Crippen molar-refractivity contribution in [1.29, 1.82) is 0 Å². The monoisotopic (exact) mass is 662 g/mol. The lowest BCUT2D eigenvalue weighted by molar-refractivity contribution is 0.610. The second-order valence-corrected chi connectivity index (χ2v) is 16.3. The van der Waals surface area contributed by atoms with Crippen LogP contribution in [-0.4, -0.2) is 0 Å². The van der Waals surface area contributed by atoms with E-state index in [9.17, 15) is 0 Å². The summed E-state index contributed by atoms with van der Waals surface area (Å²) in [6.45, 7) is 0. The molecule has 0 aliphatic heterocycles. The summed E-state index contributed by atoms with van der Waals surface area (Å²) >= 11 is 0. The smallest absolute Gasteiger partial charge is 0.150 e. The molecule has 0 amide bonds. The highest BCUT2D eigenvalue weighted by Crippen LogP contribution is 2.52. The fourth-order valence-corrected chi connectivity index (χ4v) is 10.8. The van der Waals surface area contributed by atoms with Crippen molar-refractivity contribution in [1.82, 2.24) is 0 Å². The van der Waals surface area contributed by atoms with E-state index < -0.39 is 16.3 Å². The predicted molar refractivity (Wildman–Crippen MR) is 205 cm³/mol. The van der Waals surface area contributed by atoms with E-state index in [1.807, 2.05) is 0 Å². The molecule has 238 valence electrons. The van der Waals surface area contributed by atoms with Gasteiger partial charge in [-0.05, 0) is 85.8 Å². The fourth-order valence-electron chi connectivity index (χ4n) is 7.27. The first-order chi connectivity index (χ1) is 23.8. The Morgan fingerprint density at radius 2 is 0.646 bits per heavy atom. The maximum atomic E-state index is 7.37. The van der Waals surface area contributed by atoms with E-state index in [2.05, 4.69) is 146 Å². The molecule has 0 bridgehead atoms. The molecule has 0 fully saturated rings. The van der Waals surface area contributed by atoms with Crippen molar-refractivity contribution in [3.05, 3.63) is 168 Å². The average molecular weight is 663 g/mol. The van der Waals surface area contributed by atoms with Crippen LogP contribution >= 0.6 is 16.3 Å². The van der Waals surface area contributed by atoms with Crippen molar-refractivity contribution in [2.45, 2.75) is 51.4 Å². The third kappa shape index (κ3) is 6.45. The largest absolute Gasteiger partial charge is 0.464 e. The second-order valence-electron chi connectivity index (χ2n) is 12.7. The molecule has 2 aliphatic rings. The predicted octanol–water partition coefficient (Wildman–Crippen LogP) is 9.96. The summed E-state index contributed by atoms with van der Waals surface area (Å²) in [5.74, 6) is 1.95. The molecule has 6 aromatic rings. The summed E-state index contributed by atoms with van der Waals surface area (Å²) in [6.07, 6.45) is 9.20. The van der Waals surface area contributed by atoms with Crippen LogP contribution in [0, 0.1) is 0 Å². The van der Waals surface area contributed by atoms with Crippen molar-refractivity contribution in [3.8, 4) is 22.6 Å². The van der Waals surface area contributed by atoms with Gasteiger partial charge >= 0.3 is 0 Å². The summed E-state index contributed by atoms with van der Waals surface area (Å²) in [5, 5.41) is 4.85. The van der Waals surface area contributed by atoms with Crippen LogP contribution in [0.3, 0.4) is 0 Å². The van der Waals surface area contributed by atoms with Gasteiger partial charge in [-0.2, -0.15) is 0 Å². The van der Waals surface area contributed by atoms with Gasteiger partial charge in [-0.15, -0.1) is 0 Å². The van der Waals surface area contributed by atoms with E-state index in [1.54, 1.807) is 0 Å². The zero-order valence-electron chi connectivity index (χ0n) is 27.2. The number of aryl methyl sites for hydroxylation is 2. The Morgan fingerprint density at radius 1 is 0.333 bits per heavy atom. The summed E-state index contributed by atoms with van der Waals surface area (Å²) in [7, 11) is -2.19. The molecule has 0 atom stereocenters. The van der Waals surface area contributed by atoms with Crippen LogP contribution in [0.1, 0.15) is 47.9 Å². The Morgan fingerprint density at radius 3 is 0.979 bits per heavy atom. The molecule has 0 heterocycles. The molecule has 0 unspecified atom stereocenters. The molecule has 0 N–H and O–H groups in total. The van der Waals surface area contributed by atoms with Gasteiger partial charge in [0.2, 0.25) is 0 Å². The number of fused-ring (bicyclic) bond motifs is 2. The molecule has 4 heteroatoms. The first-order valence-corrected chi connectivity index (χ1v) is 19.8. The number of hydrogen-bond donors (Lipinski definition) is 0. The summed E-state index contributed by atoms with van der Waals surface area (Å²) in [4.78, 5) is 0. The standard InChI is InChI=1S/C44H40O2P2/c1-5-19-35(20-6-1)47(36-21-7-2-8-22-36)45-41-31-29-33-17-13-15-27-39(33)43(41)44-40-28-16-14-18-34(40)30-32-42(44)46-48(37-23-9-3-10-24-37)38-25-11-4-12-26-38/h1-12,19-26,29-32H,13-18,27-28H2. The van der Waals surface area contributed by atoms with E-state index in [0.717, 1.165) is 37.2 Å². The quantitative estimate of drug-likeness (QED) is 0.144. The lowest BCUT2D eigenvalue weighted by atomic mass is 9.80. The molecule has 2 aliphatic carbocycles. The van der Waals surface area contributed by atoms with Crippen LogP contribution in [0.4, 0.5) is 0 Å². The van der Waals surface area contributed by atoms with Gasteiger partial charge in [0.05, 0.1) is 0 Å². The molecule has 0 saturated heterocycles. The summed E-state index contributed by atoms with van der Waals surface area (Å²) < 4.78 is 14.7. The Balaban J connectivity index is 1.33. The molecule has 0 aromatic heterocycles. The SMILES string of the molecule is c1ccc(P(Oc2ccc3c(c2-c2c(OP(c4ccccc4)c4ccccc4)ccc4c2CCCC4)CCCC3)c2ccccc2)cc1. The van der Waals surface area contributed by atoms with Gasteiger partial charge in [-0.25, -0.2) is 0 Å². The lowest BCUT2D eigenvalue weighted by Gasteiger charge is -2.30. The number of benzene rings is 6. The first-order valence-electron chi connectivity index (χ1n) is 17.3. The second kappa shape index (κ2) is 14.5. The molecular weight excluding hydrogens is 622 g/mol. The van der Waals surface area contributed by atoms with Crippen molar-refractivity contribution < 1.29 is 9.05 Å². The summed E-state index contributed by atoms with van der Waals surface area (Å²) in [6, 6.07) is 52.3. The highest BCUT2D eigenvalue weighted by molar-refractivity contribution is 7.69. The van der Waals surface area contributed by atoms with Gasteiger partial charge in [-0.3, -0.25) is 0 Å². The van der Waals surface area contributed by atoms with Crippen molar-refractivity contribution >= 4 is 37.5 Å². The van der Waals surface area contributed by atoms with E-state index in [-0.39, 0.29) is 0 Å². The molecule has 6 aromatic carbocycles. The topological polar surface area (TPSA) is 18.5 Å². The van der Waals surface area contributed by atoms with Gasteiger partial charge in [0.25, 0.3) is 0 Å². The van der Waals surface area contributed by atoms with E-state index in [0.29, 0.717) is 0 Å². The molecule has 0 saturated carbocycles. The first kappa shape index (κ1) is 31.1. The third-order valence-corrected chi connectivity index (χ3v) is 13.4. The minimum atomic E-state index is -1.09. The summed E-state index contributed by atoms with van der Waals surface area (Å²) in [5.41, 5.74) is 8.33. The van der Waals surface area contributed by atoms with E-state index in [4.69, 9.17) is 9.05 Å². The van der Waals surface area contributed by atoms with E-state index >= 15 is 0 Å². The van der Waals surface area contributed by atoms with Gasteiger partial charge < -0.3 is 9.05 Å². The Bertz CT molecular complexity index is 1750. The highest BCUT2D eigenvalue weighted by atomic mass is 31.1. The molecule has 0 spiro atoms. The van der Waals surface area contributed by atoms with E-state index in [1.165, 1.54) is 80.3 Å². The normalized spacial score (nSPS) is 14.0. The van der Waals surface area contributed by atoms with Gasteiger partial charge in [0, 0.05) is 32.3 Å². The maximum absolute atomic E-state index is 7.37. The van der Waals surface area contributed by atoms with Crippen LogP contribution in [0.2, 0.25) is 0 Å². The van der Waals surface area contributed by atoms with Crippen molar-refractivity contribution in [2.24, 2.45) is 0 Å². The maximum Gasteiger partial charge on any atom is 0.150 e. The van der Waals surface area contributed by atoms with Crippen molar-refractivity contribution in [2.75, 3.05) is 0 Å².